The lowest BCUT2D eigenvalue weighted by molar-refractivity contribution is 0.504. The minimum Gasteiger partial charge on any atom is -0.356 e. The predicted molar refractivity (Wildman–Crippen MR) is 114 cm³/mol. The number of aromatic nitrogens is 2. The summed E-state index contributed by atoms with van der Waals surface area (Å²) in [5, 5.41) is 6.31. The molecule has 1 aromatic carbocycles. The molecule has 5 nitrogen and oxygen atoms in total. The number of halogens is 1. The second-order valence-electron chi connectivity index (χ2n) is 7.22. The van der Waals surface area contributed by atoms with E-state index in [2.05, 4.69) is 45.6 Å². The van der Waals surface area contributed by atoms with Gasteiger partial charge in [0.2, 0.25) is 0 Å². The van der Waals surface area contributed by atoms with Crippen molar-refractivity contribution in [2.24, 2.45) is 4.99 Å². The Bertz CT molecular complexity index is 1070. The lowest BCUT2D eigenvalue weighted by atomic mass is 9.95. The fraction of sp³-hybridized carbons (Fsp3) is 0.350. The van der Waals surface area contributed by atoms with E-state index >= 15 is 0 Å². The number of aryl methyl sites for hydroxylation is 1. The smallest absolute Gasteiger partial charge is 0.175 e. The molecule has 1 unspecified atom stereocenters. The summed E-state index contributed by atoms with van der Waals surface area (Å²) in [6, 6.07) is 6.73. The molecule has 2 aromatic heterocycles. The summed E-state index contributed by atoms with van der Waals surface area (Å²) in [5.74, 6) is 0. The Hall–Kier alpha value is -2.02. The standard InChI is InChI=1S/C20H20ClN5S/c1-11-3-4-13-9-23-10-15(13)17(11)18-16(21)7-14-19(24-18)25-27-20(14)26-6-5-22-8-12(26)2/h3-4,7,10,12,22H,5-6,8-9H2,1-2H3. The highest BCUT2D eigenvalue weighted by atomic mass is 35.5. The van der Waals surface area contributed by atoms with Crippen LogP contribution < -0.4 is 10.2 Å². The molecule has 5 rings (SSSR count). The number of benzene rings is 1. The molecule has 7 heteroatoms. The minimum atomic E-state index is 0.428. The van der Waals surface area contributed by atoms with E-state index in [9.17, 15) is 0 Å². The maximum atomic E-state index is 6.75. The first-order valence-corrected chi connectivity index (χ1v) is 10.3. The lowest BCUT2D eigenvalue weighted by Gasteiger charge is -2.34. The van der Waals surface area contributed by atoms with Gasteiger partial charge in [-0.1, -0.05) is 23.7 Å². The molecule has 0 bridgehead atoms. The van der Waals surface area contributed by atoms with Crippen molar-refractivity contribution in [2.45, 2.75) is 26.4 Å². The van der Waals surface area contributed by atoms with Crippen molar-refractivity contribution in [3.8, 4) is 11.3 Å². The number of anilines is 1. The molecule has 0 saturated carbocycles. The molecule has 1 fully saturated rings. The average molecular weight is 398 g/mol. The third kappa shape index (κ3) is 2.74. The van der Waals surface area contributed by atoms with E-state index in [1.165, 1.54) is 17.1 Å². The van der Waals surface area contributed by atoms with Gasteiger partial charge in [-0.3, -0.25) is 4.99 Å². The largest absolute Gasteiger partial charge is 0.356 e. The SMILES string of the molecule is Cc1ccc2c(c1-c1nc3nsc(N4CCNCC4C)c3cc1Cl)C=NC2. The number of pyridine rings is 1. The van der Waals surface area contributed by atoms with Gasteiger partial charge < -0.3 is 10.2 Å². The Morgan fingerprint density at radius 2 is 2.22 bits per heavy atom. The van der Waals surface area contributed by atoms with E-state index < -0.39 is 0 Å². The van der Waals surface area contributed by atoms with Gasteiger partial charge in [-0.15, -0.1) is 0 Å². The third-order valence-corrected chi connectivity index (χ3v) is 6.61. The molecule has 27 heavy (non-hydrogen) atoms. The highest BCUT2D eigenvalue weighted by Gasteiger charge is 2.25. The van der Waals surface area contributed by atoms with Crippen LogP contribution in [0.2, 0.25) is 5.02 Å². The molecule has 138 valence electrons. The fourth-order valence-electron chi connectivity index (χ4n) is 3.97. The Morgan fingerprint density at radius 3 is 3.07 bits per heavy atom. The molecule has 0 radical (unpaired) electrons. The number of aliphatic imine (C=N–C) groups is 1. The lowest BCUT2D eigenvalue weighted by Crippen LogP contribution is -2.49. The average Bonchev–Trinajstić information content (AvgIpc) is 3.28. The van der Waals surface area contributed by atoms with Gasteiger partial charge >= 0.3 is 0 Å². The Kier molecular flexibility index (Phi) is 4.15. The Morgan fingerprint density at radius 1 is 1.33 bits per heavy atom. The molecule has 2 aliphatic rings. The van der Waals surface area contributed by atoms with Gasteiger partial charge in [-0.2, -0.15) is 4.37 Å². The molecule has 1 atom stereocenters. The zero-order chi connectivity index (χ0) is 18.5. The number of nitrogens with one attached hydrogen (secondary N) is 1. The van der Waals surface area contributed by atoms with E-state index in [0.717, 1.165) is 64.6 Å². The first-order valence-electron chi connectivity index (χ1n) is 9.19. The maximum absolute atomic E-state index is 6.75. The van der Waals surface area contributed by atoms with E-state index in [-0.39, 0.29) is 0 Å². The van der Waals surface area contributed by atoms with Crippen LogP contribution in [0.5, 0.6) is 0 Å². The highest BCUT2D eigenvalue weighted by Crippen LogP contribution is 2.39. The number of piperazine rings is 1. The summed E-state index contributed by atoms with van der Waals surface area (Å²) >= 11 is 8.27. The van der Waals surface area contributed by atoms with Crippen LogP contribution in [0.1, 0.15) is 23.6 Å². The van der Waals surface area contributed by atoms with Crippen molar-refractivity contribution in [3.05, 3.63) is 39.9 Å². The highest BCUT2D eigenvalue weighted by molar-refractivity contribution is 7.11. The zero-order valence-electron chi connectivity index (χ0n) is 15.3. The monoisotopic (exact) mass is 397 g/mol. The normalized spacial score (nSPS) is 19.1. The molecule has 0 amide bonds. The molecule has 1 saturated heterocycles. The third-order valence-electron chi connectivity index (χ3n) is 5.43. The summed E-state index contributed by atoms with van der Waals surface area (Å²) < 4.78 is 4.65. The van der Waals surface area contributed by atoms with E-state index in [1.54, 1.807) is 0 Å². The van der Waals surface area contributed by atoms with Crippen molar-refractivity contribution in [3.63, 3.8) is 0 Å². The minimum absolute atomic E-state index is 0.428. The summed E-state index contributed by atoms with van der Waals surface area (Å²) in [4.78, 5) is 11.7. The zero-order valence-corrected chi connectivity index (χ0v) is 16.9. The number of hydrogen-bond acceptors (Lipinski definition) is 6. The van der Waals surface area contributed by atoms with Crippen molar-refractivity contribution < 1.29 is 0 Å². The van der Waals surface area contributed by atoms with Crippen LogP contribution in [0.25, 0.3) is 22.3 Å². The van der Waals surface area contributed by atoms with Crippen molar-refractivity contribution in [2.75, 3.05) is 24.5 Å². The molecule has 3 aromatic rings. The predicted octanol–water partition coefficient (Wildman–Crippen LogP) is 4.05. The maximum Gasteiger partial charge on any atom is 0.175 e. The van der Waals surface area contributed by atoms with Crippen molar-refractivity contribution in [1.29, 1.82) is 0 Å². The molecule has 1 N–H and O–H groups in total. The number of hydrogen-bond donors (Lipinski definition) is 1. The van der Waals surface area contributed by atoms with Crippen LogP contribution in [0, 0.1) is 6.92 Å². The van der Waals surface area contributed by atoms with Gasteiger partial charge in [0.15, 0.2) is 5.65 Å². The first kappa shape index (κ1) is 17.1. The van der Waals surface area contributed by atoms with Crippen molar-refractivity contribution in [1.82, 2.24) is 14.7 Å². The second kappa shape index (κ2) is 6.55. The van der Waals surface area contributed by atoms with Crippen LogP contribution >= 0.6 is 23.1 Å². The van der Waals surface area contributed by atoms with Crippen LogP contribution in [-0.4, -0.2) is 41.2 Å². The number of rotatable bonds is 2. The van der Waals surface area contributed by atoms with Crippen LogP contribution in [0.4, 0.5) is 5.00 Å². The van der Waals surface area contributed by atoms with Gasteiger partial charge in [0, 0.05) is 43.0 Å². The molecular weight excluding hydrogens is 378 g/mol. The van der Waals surface area contributed by atoms with Gasteiger partial charge in [-0.25, -0.2) is 4.98 Å². The number of fused-ring (bicyclic) bond motifs is 2. The quantitative estimate of drug-likeness (QED) is 0.708. The molecular formula is C20H20ClN5S. The summed E-state index contributed by atoms with van der Waals surface area (Å²) in [7, 11) is 0. The van der Waals surface area contributed by atoms with E-state index in [4.69, 9.17) is 16.6 Å². The van der Waals surface area contributed by atoms with Crippen LogP contribution in [0.15, 0.2) is 23.2 Å². The fourth-order valence-corrected chi connectivity index (χ4v) is 5.16. The second-order valence-corrected chi connectivity index (χ2v) is 8.38. The molecule has 0 aliphatic carbocycles. The van der Waals surface area contributed by atoms with Gasteiger partial charge in [0.05, 0.1) is 22.6 Å². The summed E-state index contributed by atoms with van der Waals surface area (Å²) in [6.45, 7) is 7.99. The van der Waals surface area contributed by atoms with Gasteiger partial charge in [-0.05, 0) is 42.6 Å². The van der Waals surface area contributed by atoms with Crippen molar-refractivity contribution >= 4 is 45.4 Å². The van der Waals surface area contributed by atoms with Gasteiger partial charge in [0.25, 0.3) is 0 Å². The Balaban J connectivity index is 1.66. The summed E-state index contributed by atoms with van der Waals surface area (Å²) in [6.07, 6.45) is 1.94. The van der Waals surface area contributed by atoms with E-state index in [0.29, 0.717) is 11.1 Å². The molecule has 4 heterocycles. The number of nitrogens with zero attached hydrogens (tertiary/aromatic N) is 4. The van der Waals surface area contributed by atoms with Gasteiger partial charge in [0.1, 0.15) is 5.00 Å². The van der Waals surface area contributed by atoms with Crippen LogP contribution in [0.3, 0.4) is 0 Å². The Labute approximate surface area is 167 Å². The molecule has 0 spiro atoms. The summed E-state index contributed by atoms with van der Waals surface area (Å²) in [5.41, 5.74) is 6.16. The first-order chi connectivity index (χ1) is 13.1. The van der Waals surface area contributed by atoms with Crippen LogP contribution in [-0.2, 0) is 6.54 Å². The topological polar surface area (TPSA) is 53.4 Å². The van der Waals surface area contributed by atoms with E-state index in [1.807, 2.05) is 12.3 Å². The molecule has 2 aliphatic heterocycles.